The summed E-state index contributed by atoms with van der Waals surface area (Å²) in [6.07, 6.45) is -4.61. The number of aromatic nitrogens is 4. The molecule has 3 heterocycles. The Morgan fingerprint density at radius 2 is 2.28 bits per heavy atom. The average molecular weight is 355 g/mol. The predicted octanol–water partition coefficient (Wildman–Crippen LogP) is -0.697. The second kappa shape index (κ2) is 6.50. The Labute approximate surface area is 140 Å². The number of aliphatic hydroxyl groups is 2. The second-order valence-corrected chi connectivity index (χ2v) is 6.07. The minimum Gasteiger partial charge on any atom is -0.394 e. The molecule has 2 aromatic rings. The van der Waals surface area contributed by atoms with E-state index in [-0.39, 0.29) is 28.9 Å². The van der Waals surface area contributed by atoms with Crippen LogP contribution in [0.25, 0.3) is 11.2 Å². The van der Waals surface area contributed by atoms with Gasteiger partial charge >= 0.3 is 0 Å². The third-order valence-electron chi connectivity index (χ3n) is 3.95. The summed E-state index contributed by atoms with van der Waals surface area (Å²) in [7, 11) is 0. The number of hydrogen-bond donors (Lipinski definition) is 4. The van der Waals surface area contributed by atoms with Crippen molar-refractivity contribution in [1.82, 2.24) is 19.5 Å². The van der Waals surface area contributed by atoms with Crippen LogP contribution in [0.4, 0.5) is 10.3 Å². The molecule has 3 rings (SSSR count). The van der Waals surface area contributed by atoms with Gasteiger partial charge in [0, 0.05) is 5.92 Å². The number of alkyl halides is 1. The second-order valence-electron chi connectivity index (χ2n) is 6.07. The zero-order valence-corrected chi connectivity index (χ0v) is 13.5. The lowest BCUT2D eigenvalue weighted by atomic mass is 10.1. The number of rotatable bonds is 4. The van der Waals surface area contributed by atoms with Crippen LogP contribution in [0.2, 0.25) is 0 Å². The third kappa shape index (κ3) is 3.01. The number of ether oxygens (including phenoxy) is 1. The van der Waals surface area contributed by atoms with Crippen LogP contribution in [0.5, 0.6) is 0 Å². The largest absolute Gasteiger partial charge is 0.394 e. The fraction of sp³-hybridized carbons (Fsp3) is 0.571. The van der Waals surface area contributed by atoms with Gasteiger partial charge in [0.25, 0.3) is 5.56 Å². The van der Waals surface area contributed by atoms with E-state index < -0.39 is 36.8 Å². The Kier molecular flexibility index (Phi) is 4.54. The number of aliphatic hydroxyl groups excluding tert-OH is 2. The van der Waals surface area contributed by atoms with Crippen LogP contribution in [0.3, 0.4) is 0 Å². The molecule has 0 bridgehead atoms. The van der Waals surface area contributed by atoms with Gasteiger partial charge in [-0.15, -0.1) is 0 Å². The standard InChI is InChI=1S/C14H18FN5O5/c1-5(2)11(23)18-14-17-10-8(12(24)19-14)16-4-20(10)13-7(15)9(22)6(3-21)25-13/h4-7,9,13,21-22H,3H2,1-2H3,(H2,17,18,19,23,24)/t6-,7?,9-,13-/m1/s1. The quantitative estimate of drug-likeness (QED) is 0.568. The molecule has 0 aromatic carbocycles. The van der Waals surface area contributed by atoms with Crippen LogP contribution in [0.15, 0.2) is 11.1 Å². The van der Waals surface area contributed by atoms with E-state index in [0.29, 0.717) is 0 Å². The first-order valence-corrected chi connectivity index (χ1v) is 7.69. The molecule has 10 nitrogen and oxygen atoms in total. The number of aromatic amines is 1. The summed E-state index contributed by atoms with van der Waals surface area (Å²) in [5, 5.41) is 21.3. The van der Waals surface area contributed by atoms with Crippen LogP contribution < -0.4 is 10.9 Å². The first kappa shape index (κ1) is 17.5. The maximum atomic E-state index is 14.3. The zero-order valence-electron chi connectivity index (χ0n) is 13.5. The summed E-state index contributed by atoms with van der Waals surface area (Å²) in [6.45, 7) is 2.79. The normalized spacial score (nSPS) is 26.5. The lowest BCUT2D eigenvalue weighted by Gasteiger charge is -2.15. The fourth-order valence-corrected chi connectivity index (χ4v) is 2.51. The fourth-order valence-electron chi connectivity index (χ4n) is 2.51. The van der Waals surface area contributed by atoms with E-state index in [1.807, 2.05) is 0 Å². The van der Waals surface area contributed by atoms with Gasteiger partial charge < -0.3 is 14.9 Å². The van der Waals surface area contributed by atoms with E-state index in [0.717, 1.165) is 10.9 Å². The van der Waals surface area contributed by atoms with E-state index in [2.05, 4.69) is 20.3 Å². The van der Waals surface area contributed by atoms with Crippen molar-refractivity contribution in [3.8, 4) is 0 Å². The van der Waals surface area contributed by atoms with Gasteiger partial charge in [-0.05, 0) is 0 Å². The minimum atomic E-state index is -1.84. The van der Waals surface area contributed by atoms with Gasteiger partial charge in [-0.3, -0.25) is 24.5 Å². The van der Waals surface area contributed by atoms with Crippen LogP contribution >= 0.6 is 0 Å². The molecule has 1 saturated heterocycles. The topological polar surface area (TPSA) is 142 Å². The van der Waals surface area contributed by atoms with Gasteiger partial charge in [0.15, 0.2) is 23.6 Å². The Balaban J connectivity index is 2.01. The molecule has 1 amide bonds. The molecule has 136 valence electrons. The van der Waals surface area contributed by atoms with Crippen molar-refractivity contribution >= 4 is 23.0 Å². The predicted molar refractivity (Wildman–Crippen MR) is 83.5 cm³/mol. The number of fused-ring (bicyclic) bond motifs is 1. The Morgan fingerprint density at radius 1 is 1.56 bits per heavy atom. The first-order valence-electron chi connectivity index (χ1n) is 7.69. The molecule has 4 N–H and O–H groups in total. The number of imidazole rings is 1. The maximum Gasteiger partial charge on any atom is 0.280 e. The highest BCUT2D eigenvalue weighted by molar-refractivity contribution is 5.91. The molecule has 0 radical (unpaired) electrons. The monoisotopic (exact) mass is 355 g/mol. The Bertz CT molecular complexity index is 850. The molecule has 1 aliphatic heterocycles. The van der Waals surface area contributed by atoms with Crippen LogP contribution in [-0.2, 0) is 9.53 Å². The zero-order chi connectivity index (χ0) is 18.3. The number of amides is 1. The van der Waals surface area contributed by atoms with Gasteiger partial charge in [0.2, 0.25) is 11.9 Å². The number of carbonyl (C=O) groups excluding carboxylic acids is 1. The summed E-state index contributed by atoms with van der Waals surface area (Å²) in [6, 6.07) is 0. The Hall–Kier alpha value is -2.37. The molecule has 1 aliphatic rings. The molecule has 2 aromatic heterocycles. The van der Waals surface area contributed by atoms with E-state index in [9.17, 15) is 19.1 Å². The molecule has 0 spiro atoms. The van der Waals surface area contributed by atoms with Crippen molar-refractivity contribution in [3.63, 3.8) is 0 Å². The highest BCUT2D eigenvalue weighted by Gasteiger charge is 2.45. The number of halogens is 1. The molecule has 1 unspecified atom stereocenters. The van der Waals surface area contributed by atoms with Crippen molar-refractivity contribution < 1.29 is 24.1 Å². The molecule has 0 saturated carbocycles. The first-order chi connectivity index (χ1) is 11.8. The summed E-state index contributed by atoms with van der Waals surface area (Å²) >= 11 is 0. The van der Waals surface area contributed by atoms with Gasteiger partial charge in [0.1, 0.15) is 12.2 Å². The SMILES string of the molecule is CC(C)C(=O)Nc1nc2c(ncn2[C@@H]2O[C@H](CO)[C@@H](O)C2F)c(=O)[nH]1. The van der Waals surface area contributed by atoms with E-state index >= 15 is 0 Å². The van der Waals surface area contributed by atoms with Crippen molar-refractivity contribution in [3.05, 3.63) is 16.7 Å². The molecule has 11 heteroatoms. The highest BCUT2D eigenvalue weighted by atomic mass is 19.1. The number of anilines is 1. The molecular weight excluding hydrogens is 337 g/mol. The maximum absolute atomic E-state index is 14.3. The van der Waals surface area contributed by atoms with Crippen LogP contribution in [-0.4, -0.2) is 60.6 Å². The van der Waals surface area contributed by atoms with Crippen molar-refractivity contribution in [1.29, 1.82) is 0 Å². The van der Waals surface area contributed by atoms with E-state index in [1.54, 1.807) is 13.8 Å². The van der Waals surface area contributed by atoms with Crippen molar-refractivity contribution in [2.24, 2.45) is 5.92 Å². The average Bonchev–Trinajstić information content (AvgIpc) is 3.10. The number of nitrogens with one attached hydrogen (secondary N) is 2. The summed E-state index contributed by atoms with van der Waals surface area (Å²) in [5.41, 5.74) is -0.697. The van der Waals surface area contributed by atoms with Crippen LogP contribution in [0.1, 0.15) is 20.1 Å². The van der Waals surface area contributed by atoms with Gasteiger partial charge in [-0.25, -0.2) is 9.37 Å². The molecular formula is C14H18FN5O5. The number of hydrogen-bond acceptors (Lipinski definition) is 7. The number of carbonyl (C=O) groups is 1. The summed E-state index contributed by atoms with van der Waals surface area (Å²) in [4.78, 5) is 34.2. The molecule has 1 fully saturated rings. The molecule has 4 atom stereocenters. The third-order valence-corrected chi connectivity index (χ3v) is 3.95. The lowest BCUT2D eigenvalue weighted by molar-refractivity contribution is -0.118. The summed E-state index contributed by atoms with van der Waals surface area (Å²) in [5.74, 6) is -0.796. The smallest absolute Gasteiger partial charge is 0.280 e. The van der Waals surface area contributed by atoms with Crippen molar-refractivity contribution in [2.75, 3.05) is 11.9 Å². The highest BCUT2D eigenvalue weighted by Crippen LogP contribution is 2.33. The van der Waals surface area contributed by atoms with Crippen LogP contribution in [0, 0.1) is 5.92 Å². The minimum absolute atomic E-state index is 0.0127. The van der Waals surface area contributed by atoms with Gasteiger partial charge in [-0.1, -0.05) is 13.8 Å². The molecule has 25 heavy (non-hydrogen) atoms. The number of H-pyrrole nitrogens is 1. The summed E-state index contributed by atoms with van der Waals surface area (Å²) < 4.78 is 20.8. The number of nitrogens with zero attached hydrogens (tertiary/aromatic N) is 3. The Morgan fingerprint density at radius 3 is 2.88 bits per heavy atom. The van der Waals surface area contributed by atoms with Crippen molar-refractivity contribution in [2.45, 2.75) is 38.5 Å². The van der Waals surface area contributed by atoms with E-state index in [1.165, 1.54) is 0 Å². The lowest BCUT2D eigenvalue weighted by Crippen LogP contribution is -2.30. The van der Waals surface area contributed by atoms with Gasteiger partial charge in [0.05, 0.1) is 12.9 Å². The van der Waals surface area contributed by atoms with E-state index in [4.69, 9.17) is 9.84 Å². The molecule has 0 aliphatic carbocycles. The van der Waals surface area contributed by atoms with Gasteiger partial charge in [-0.2, -0.15) is 4.98 Å².